The van der Waals surface area contributed by atoms with Gasteiger partial charge in [-0.05, 0) is 39.3 Å². The Morgan fingerprint density at radius 1 is 1.18 bits per heavy atom. The second-order valence-corrected chi connectivity index (χ2v) is 5.86. The molecule has 7 heteroatoms. The van der Waals surface area contributed by atoms with Crippen molar-refractivity contribution in [1.29, 1.82) is 0 Å². The van der Waals surface area contributed by atoms with Crippen LogP contribution in [0.5, 0.6) is 0 Å². The van der Waals surface area contributed by atoms with Gasteiger partial charge < -0.3 is 15.0 Å². The van der Waals surface area contributed by atoms with Gasteiger partial charge in [-0.3, -0.25) is 9.69 Å². The molecule has 22 heavy (non-hydrogen) atoms. The fourth-order valence-corrected chi connectivity index (χ4v) is 3.16. The van der Waals surface area contributed by atoms with Crippen molar-refractivity contribution in [3.63, 3.8) is 0 Å². The standard InChI is InChI=1S/C15H29N3O2.2ClH/c1-16-7-4-6-15(19)18-8-3-2-5-14(18)13-17-9-11-20-12-10-17;;/h14,16H,2-13H2,1H3;2*1H. The van der Waals surface area contributed by atoms with Gasteiger partial charge in [-0.2, -0.15) is 0 Å². The monoisotopic (exact) mass is 355 g/mol. The van der Waals surface area contributed by atoms with Gasteiger partial charge in [0.25, 0.3) is 0 Å². The van der Waals surface area contributed by atoms with Crippen molar-refractivity contribution >= 4 is 30.7 Å². The lowest BCUT2D eigenvalue weighted by atomic mass is 10.0. The molecule has 0 bridgehead atoms. The second kappa shape index (κ2) is 12.4. The summed E-state index contributed by atoms with van der Waals surface area (Å²) in [6.45, 7) is 6.60. The highest BCUT2D eigenvalue weighted by molar-refractivity contribution is 5.85. The Hall–Kier alpha value is -0.0700. The van der Waals surface area contributed by atoms with E-state index in [4.69, 9.17) is 4.74 Å². The molecule has 2 rings (SSSR count). The highest BCUT2D eigenvalue weighted by Crippen LogP contribution is 2.19. The highest BCUT2D eigenvalue weighted by atomic mass is 35.5. The van der Waals surface area contributed by atoms with E-state index in [9.17, 15) is 4.79 Å². The number of amides is 1. The maximum Gasteiger partial charge on any atom is 0.222 e. The lowest BCUT2D eigenvalue weighted by Gasteiger charge is -2.39. The zero-order chi connectivity index (χ0) is 14.2. The van der Waals surface area contributed by atoms with Gasteiger partial charge in [0.15, 0.2) is 0 Å². The molecule has 2 aliphatic heterocycles. The summed E-state index contributed by atoms with van der Waals surface area (Å²) in [4.78, 5) is 17.0. The molecular formula is C15H31Cl2N3O2. The van der Waals surface area contributed by atoms with Crippen molar-refractivity contribution in [1.82, 2.24) is 15.1 Å². The molecule has 1 atom stereocenters. The topological polar surface area (TPSA) is 44.8 Å². The molecule has 0 aromatic carbocycles. The van der Waals surface area contributed by atoms with Gasteiger partial charge >= 0.3 is 0 Å². The molecule has 132 valence electrons. The van der Waals surface area contributed by atoms with Crippen LogP contribution in [0.3, 0.4) is 0 Å². The van der Waals surface area contributed by atoms with Crippen LogP contribution in [-0.2, 0) is 9.53 Å². The zero-order valence-corrected chi connectivity index (χ0v) is 15.2. The molecular weight excluding hydrogens is 325 g/mol. The Morgan fingerprint density at radius 2 is 1.91 bits per heavy atom. The lowest BCUT2D eigenvalue weighted by molar-refractivity contribution is -0.135. The SMILES string of the molecule is CNCCCC(=O)N1CCCCC1CN1CCOCC1.Cl.Cl. The highest BCUT2D eigenvalue weighted by Gasteiger charge is 2.28. The van der Waals surface area contributed by atoms with Crippen LogP contribution in [0.2, 0.25) is 0 Å². The first-order valence-electron chi connectivity index (χ1n) is 8.05. The maximum atomic E-state index is 12.4. The average molecular weight is 356 g/mol. The minimum absolute atomic E-state index is 0. The largest absolute Gasteiger partial charge is 0.379 e. The van der Waals surface area contributed by atoms with Gasteiger partial charge in [-0.25, -0.2) is 0 Å². The van der Waals surface area contributed by atoms with Crippen molar-refractivity contribution in [3.05, 3.63) is 0 Å². The Bertz CT molecular complexity index is 303. The molecule has 1 amide bonds. The first-order valence-corrected chi connectivity index (χ1v) is 8.05. The van der Waals surface area contributed by atoms with Crippen LogP contribution in [0, 0.1) is 0 Å². The van der Waals surface area contributed by atoms with E-state index >= 15 is 0 Å². The van der Waals surface area contributed by atoms with Crippen LogP contribution in [0.1, 0.15) is 32.1 Å². The molecule has 5 nitrogen and oxygen atoms in total. The molecule has 0 aromatic heterocycles. The Labute approximate surface area is 146 Å². The number of piperidine rings is 1. The molecule has 2 heterocycles. The number of nitrogens with one attached hydrogen (secondary N) is 1. The third kappa shape index (κ3) is 7.01. The molecule has 2 saturated heterocycles. The van der Waals surface area contributed by atoms with Crippen molar-refractivity contribution in [3.8, 4) is 0 Å². The summed E-state index contributed by atoms with van der Waals surface area (Å²) in [6, 6.07) is 0.420. The minimum Gasteiger partial charge on any atom is -0.379 e. The lowest BCUT2D eigenvalue weighted by Crippen LogP contribution is -2.51. The van der Waals surface area contributed by atoms with E-state index in [-0.39, 0.29) is 24.8 Å². The van der Waals surface area contributed by atoms with Crippen molar-refractivity contribution in [2.45, 2.75) is 38.1 Å². The first-order chi connectivity index (χ1) is 9.81. The molecule has 1 unspecified atom stereocenters. The van der Waals surface area contributed by atoms with Crippen molar-refractivity contribution < 1.29 is 9.53 Å². The summed E-state index contributed by atoms with van der Waals surface area (Å²) in [5.41, 5.74) is 0. The summed E-state index contributed by atoms with van der Waals surface area (Å²) < 4.78 is 5.40. The Kier molecular flexibility index (Phi) is 12.3. The van der Waals surface area contributed by atoms with Crippen LogP contribution in [0.15, 0.2) is 0 Å². The normalized spacial score (nSPS) is 22.6. The molecule has 0 spiro atoms. The molecule has 1 N–H and O–H groups in total. The number of hydrogen-bond donors (Lipinski definition) is 1. The van der Waals surface area contributed by atoms with E-state index in [1.165, 1.54) is 6.42 Å². The molecule has 0 saturated carbocycles. The third-order valence-electron chi connectivity index (χ3n) is 4.34. The number of morpholine rings is 1. The predicted octanol–water partition coefficient (Wildman–Crippen LogP) is 1.54. The molecule has 0 aliphatic carbocycles. The fraction of sp³-hybridized carbons (Fsp3) is 0.933. The van der Waals surface area contributed by atoms with Gasteiger partial charge in [0, 0.05) is 38.6 Å². The number of carbonyl (C=O) groups excluding carboxylic acids is 1. The number of halogens is 2. The van der Waals surface area contributed by atoms with Gasteiger partial charge in [0.1, 0.15) is 0 Å². The fourth-order valence-electron chi connectivity index (χ4n) is 3.16. The number of carbonyl (C=O) groups is 1. The molecule has 2 aliphatic rings. The van der Waals surface area contributed by atoms with E-state index in [2.05, 4.69) is 15.1 Å². The van der Waals surface area contributed by atoms with Crippen molar-refractivity contribution in [2.24, 2.45) is 0 Å². The molecule has 0 aromatic rings. The van der Waals surface area contributed by atoms with Crippen LogP contribution >= 0.6 is 24.8 Å². The number of likely N-dealkylation sites (tertiary alicyclic amines) is 1. The minimum atomic E-state index is 0. The first kappa shape index (κ1) is 21.9. The van der Waals surface area contributed by atoms with Crippen LogP contribution < -0.4 is 5.32 Å². The van der Waals surface area contributed by atoms with Crippen LogP contribution in [0.4, 0.5) is 0 Å². The zero-order valence-electron chi connectivity index (χ0n) is 13.6. The van der Waals surface area contributed by atoms with E-state index in [0.29, 0.717) is 18.4 Å². The Balaban J connectivity index is 0.00000220. The number of ether oxygens (including phenoxy) is 1. The molecule has 0 radical (unpaired) electrons. The van der Waals surface area contributed by atoms with Gasteiger partial charge in [0.05, 0.1) is 13.2 Å². The predicted molar refractivity (Wildman–Crippen MR) is 94.3 cm³/mol. The molecule has 2 fully saturated rings. The second-order valence-electron chi connectivity index (χ2n) is 5.86. The van der Waals surface area contributed by atoms with Crippen LogP contribution in [0.25, 0.3) is 0 Å². The van der Waals surface area contributed by atoms with Gasteiger partial charge in [-0.15, -0.1) is 24.8 Å². The van der Waals surface area contributed by atoms with E-state index in [1.54, 1.807) is 0 Å². The smallest absolute Gasteiger partial charge is 0.222 e. The summed E-state index contributed by atoms with van der Waals surface area (Å²) in [5, 5.41) is 3.11. The van der Waals surface area contributed by atoms with E-state index in [0.717, 1.165) is 65.2 Å². The number of rotatable bonds is 6. The number of nitrogens with zero attached hydrogens (tertiary/aromatic N) is 2. The average Bonchev–Trinajstić information content (AvgIpc) is 2.49. The summed E-state index contributed by atoms with van der Waals surface area (Å²) in [6.07, 6.45) is 5.21. The summed E-state index contributed by atoms with van der Waals surface area (Å²) in [5.74, 6) is 0.346. The number of hydrogen-bond acceptors (Lipinski definition) is 4. The Morgan fingerprint density at radius 3 is 2.59 bits per heavy atom. The van der Waals surface area contributed by atoms with E-state index < -0.39 is 0 Å². The maximum absolute atomic E-state index is 12.4. The quantitative estimate of drug-likeness (QED) is 0.734. The summed E-state index contributed by atoms with van der Waals surface area (Å²) >= 11 is 0. The van der Waals surface area contributed by atoms with Gasteiger partial charge in [0.2, 0.25) is 5.91 Å². The van der Waals surface area contributed by atoms with Crippen LogP contribution in [-0.4, -0.2) is 74.7 Å². The van der Waals surface area contributed by atoms with E-state index in [1.807, 2.05) is 7.05 Å². The van der Waals surface area contributed by atoms with Crippen molar-refractivity contribution in [2.75, 3.05) is 53.0 Å². The third-order valence-corrected chi connectivity index (χ3v) is 4.34. The van der Waals surface area contributed by atoms with Gasteiger partial charge in [-0.1, -0.05) is 0 Å². The summed E-state index contributed by atoms with van der Waals surface area (Å²) in [7, 11) is 1.94.